The predicted molar refractivity (Wildman–Crippen MR) is 64.3 cm³/mol. The van der Waals surface area contributed by atoms with Crippen LogP contribution in [0.2, 0.25) is 0 Å². The Kier molecular flexibility index (Phi) is 3.80. The molecule has 0 spiro atoms. The third-order valence-electron chi connectivity index (χ3n) is 3.93. The lowest BCUT2D eigenvalue weighted by Crippen LogP contribution is -2.23. The van der Waals surface area contributed by atoms with Gasteiger partial charge in [0.25, 0.3) is 0 Å². The van der Waals surface area contributed by atoms with Crippen LogP contribution in [0.4, 0.5) is 0 Å². The molecule has 2 unspecified atom stereocenters. The topological polar surface area (TPSA) is 0 Å². The minimum Gasteiger partial charge on any atom is -0.0998 e. The molecule has 82 valence electrons. The second kappa shape index (κ2) is 4.51. The fourth-order valence-electron chi connectivity index (χ4n) is 3.36. The summed E-state index contributed by atoms with van der Waals surface area (Å²) in [6.07, 6.45) is 6.95. The Hall–Kier alpha value is -0.260. The van der Waals surface area contributed by atoms with Gasteiger partial charge in [0, 0.05) is 0 Å². The van der Waals surface area contributed by atoms with Crippen LogP contribution in [0.25, 0.3) is 0 Å². The van der Waals surface area contributed by atoms with E-state index in [0.717, 1.165) is 11.8 Å². The highest BCUT2D eigenvalue weighted by Gasteiger charge is 2.41. The smallest absolute Gasteiger partial charge is 0.0129 e. The van der Waals surface area contributed by atoms with Crippen molar-refractivity contribution in [3.05, 3.63) is 12.2 Å². The standard InChI is InChI=1S/C14H26/c1-6-7-8-12-9-10-14(4,5)13(12)11(2)3/h12-13H,2,6-10H2,1,3-5H3. The van der Waals surface area contributed by atoms with E-state index in [0.29, 0.717) is 5.41 Å². The van der Waals surface area contributed by atoms with Crippen molar-refractivity contribution in [3.8, 4) is 0 Å². The van der Waals surface area contributed by atoms with E-state index >= 15 is 0 Å². The quantitative estimate of drug-likeness (QED) is 0.564. The Balaban J connectivity index is 2.64. The number of hydrogen-bond donors (Lipinski definition) is 0. The Morgan fingerprint density at radius 2 is 2.07 bits per heavy atom. The Bertz CT molecular complexity index is 200. The highest BCUT2D eigenvalue weighted by molar-refractivity contribution is 5.08. The molecule has 14 heavy (non-hydrogen) atoms. The molecule has 0 nitrogen and oxygen atoms in total. The van der Waals surface area contributed by atoms with Crippen LogP contribution in [0.1, 0.15) is 59.8 Å². The lowest BCUT2D eigenvalue weighted by atomic mass is 9.74. The molecule has 0 N–H and O–H groups in total. The summed E-state index contributed by atoms with van der Waals surface area (Å²) < 4.78 is 0. The minimum absolute atomic E-state index is 0.504. The molecule has 1 saturated carbocycles. The first-order valence-corrected chi connectivity index (χ1v) is 6.14. The average Bonchev–Trinajstić information content (AvgIpc) is 2.37. The molecule has 0 aromatic carbocycles. The average molecular weight is 194 g/mol. The van der Waals surface area contributed by atoms with Gasteiger partial charge in [-0.2, -0.15) is 0 Å². The van der Waals surface area contributed by atoms with E-state index in [4.69, 9.17) is 0 Å². The van der Waals surface area contributed by atoms with Crippen LogP contribution >= 0.6 is 0 Å². The zero-order valence-electron chi connectivity index (χ0n) is 10.4. The van der Waals surface area contributed by atoms with E-state index in [1.807, 2.05) is 0 Å². The van der Waals surface area contributed by atoms with Crippen molar-refractivity contribution in [2.24, 2.45) is 17.3 Å². The lowest BCUT2D eigenvalue weighted by molar-refractivity contribution is 0.248. The van der Waals surface area contributed by atoms with Gasteiger partial charge in [-0.3, -0.25) is 0 Å². The van der Waals surface area contributed by atoms with Gasteiger partial charge in [0.15, 0.2) is 0 Å². The summed E-state index contributed by atoms with van der Waals surface area (Å²) in [5, 5.41) is 0. The first kappa shape index (κ1) is 11.8. The van der Waals surface area contributed by atoms with E-state index in [-0.39, 0.29) is 0 Å². The maximum absolute atomic E-state index is 4.19. The molecule has 0 aromatic heterocycles. The van der Waals surface area contributed by atoms with E-state index in [9.17, 15) is 0 Å². The number of unbranched alkanes of at least 4 members (excludes halogenated alkanes) is 1. The molecule has 0 aromatic rings. The van der Waals surface area contributed by atoms with E-state index < -0.39 is 0 Å². The van der Waals surface area contributed by atoms with Gasteiger partial charge in [-0.1, -0.05) is 45.8 Å². The second-order valence-corrected chi connectivity index (χ2v) is 5.75. The fraction of sp³-hybridized carbons (Fsp3) is 0.857. The van der Waals surface area contributed by atoms with Gasteiger partial charge in [-0.05, 0) is 43.4 Å². The van der Waals surface area contributed by atoms with Crippen LogP contribution in [0.5, 0.6) is 0 Å². The number of rotatable bonds is 4. The van der Waals surface area contributed by atoms with Crippen molar-refractivity contribution >= 4 is 0 Å². The number of allylic oxidation sites excluding steroid dienone is 1. The van der Waals surface area contributed by atoms with Gasteiger partial charge < -0.3 is 0 Å². The number of hydrogen-bond acceptors (Lipinski definition) is 0. The first-order chi connectivity index (χ1) is 6.49. The molecule has 1 fully saturated rings. The summed E-state index contributed by atoms with van der Waals surface area (Å²) in [4.78, 5) is 0. The summed E-state index contributed by atoms with van der Waals surface area (Å²) in [5.41, 5.74) is 1.91. The highest BCUT2D eigenvalue weighted by Crippen LogP contribution is 2.51. The molecule has 0 amide bonds. The summed E-state index contributed by atoms with van der Waals surface area (Å²) in [5.74, 6) is 1.69. The predicted octanol–water partition coefficient (Wildman–Crippen LogP) is 4.81. The van der Waals surface area contributed by atoms with Gasteiger partial charge >= 0.3 is 0 Å². The molecule has 0 aliphatic heterocycles. The Morgan fingerprint density at radius 3 is 2.57 bits per heavy atom. The minimum atomic E-state index is 0.504. The molecule has 1 rings (SSSR count). The highest BCUT2D eigenvalue weighted by atomic mass is 14.5. The third kappa shape index (κ3) is 2.40. The van der Waals surface area contributed by atoms with Crippen LogP contribution in [-0.2, 0) is 0 Å². The maximum atomic E-state index is 4.19. The molecular weight excluding hydrogens is 168 g/mol. The molecular formula is C14H26. The third-order valence-corrected chi connectivity index (χ3v) is 3.93. The van der Waals surface area contributed by atoms with Gasteiger partial charge in [-0.15, -0.1) is 0 Å². The summed E-state index contributed by atoms with van der Waals surface area (Å²) >= 11 is 0. The van der Waals surface area contributed by atoms with Crippen LogP contribution < -0.4 is 0 Å². The van der Waals surface area contributed by atoms with Gasteiger partial charge in [-0.25, -0.2) is 0 Å². The molecule has 0 bridgehead atoms. The van der Waals surface area contributed by atoms with Gasteiger partial charge in [0.2, 0.25) is 0 Å². The van der Waals surface area contributed by atoms with E-state index in [2.05, 4.69) is 34.3 Å². The molecule has 2 atom stereocenters. The van der Waals surface area contributed by atoms with Crippen molar-refractivity contribution in [2.45, 2.75) is 59.8 Å². The largest absolute Gasteiger partial charge is 0.0998 e. The molecule has 0 heterocycles. The van der Waals surface area contributed by atoms with Crippen molar-refractivity contribution in [1.29, 1.82) is 0 Å². The first-order valence-electron chi connectivity index (χ1n) is 6.14. The van der Waals surface area contributed by atoms with E-state index in [1.54, 1.807) is 0 Å². The fourth-order valence-corrected chi connectivity index (χ4v) is 3.36. The summed E-state index contributed by atoms with van der Waals surface area (Å²) in [7, 11) is 0. The second-order valence-electron chi connectivity index (χ2n) is 5.75. The van der Waals surface area contributed by atoms with E-state index in [1.165, 1.54) is 37.7 Å². The Morgan fingerprint density at radius 1 is 1.43 bits per heavy atom. The molecule has 1 aliphatic carbocycles. The van der Waals surface area contributed by atoms with Crippen molar-refractivity contribution < 1.29 is 0 Å². The van der Waals surface area contributed by atoms with Gasteiger partial charge in [0.1, 0.15) is 0 Å². The van der Waals surface area contributed by atoms with Crippen molar-refractivity contribution in [2.75, 3.05) is 0 Å². The normalized spacial score (nSPS) is 30.6. The van der Waals surface area contributed by atoms with Crippen LogP contribution in [0.3, 0.4) is 0 Å². The zero-order valence-corrected chi connectivity index (χ0v) is 10.4. The lowest BCUT2D eigenvalue weighted by Gasteiger charge is -2.31. The molecule has 0 saturated heterocycles. The van der Waals surface area contributed by atoms with Crippen LogP contribution in [0.15, 0.2) is 12.2 Å². The zero-order chi connectivity index (χ0) is 10.8. The Labute approximate surface area is 89.8 Å². The summed E-state index contributed by atoms with van der Waals surface area (Å²) in [6, 6.07) is 0. The van der Waals surface area contributed by atoms with Crippen LogP contribution in [-0.4, -0.2) is 0 Å². The van der Waals surface area contributed by atoms with Crippen LogP contribution in [0, 0.1) is 17.3 Å². The SMILES string of the molecule is C=C(C)C1C(CCCC)CCC1(C)C. The van der Waals surface area contributed by atoms with Gasteiger partial charge in [0.05, 0.1) is 0 Å². The molecule has 1 aliphatic rings. The monoisotopic (exact) mass is 194 g/mol. The van der Waals surface area contributed by atoms with Crippen molar-refractivity contribution in [3.63, 3.8) is 0 Å². The molecule has 0 radical (unpaired) electrons. The summed E-state index contributed by atoms with van der Waals surface area (Å²) in [6.45, 7) is 13.5. The molecule has 0 heteroatoms. The van der Waals surface area contributed by atoms with Crippen molar-refractivity contribution in [1.82, 2.24) is 0 Å². The maximum Gasteiger partial charge on any atom is -0.0129 e.